The average molecular weight is 257 g/mol. The van der Waals surface area contributed by atoms with E-state index in [1.807, 2.05) is 31.2 Å². The minimum absolute atomic E-state index is 0.308. The van der Waals surface area contributed by atoms with Gasteiger partial charge in [0.25, 0.3) is 0 Å². The first-order valence-electron chi connectivity index (χ1n) is 5.57. The third-order valence-electron chi connectivity index (χ3n) is 2.54. The zero-order valence-corrected chi connectivity index (χ0v) is 10.7. The van der Waals surface area contributed by atoms with Crippen molar-refractivity contribution in [3.05, 3.63) is 65.5 Å². The largest absolute Gasteiger partial charge is 0.207 e. The second-order valence-corrected chi connectivity index (χ2v) is 5.17. The predicted molar refractivity (Wildman–Crippen MR) is 71.8 cm³/mol. The number of hydrogen-bond acceptors (Lipinski definition) is 2. The zero-order chi connectivity index (χ0) is 13.0. The van der Waals surface area contributed by atoms with Gasteiger partial charge >= 0.3 is 0 Å². The number of rotatable bonds is 3. The fourth-order valence-electron chi connectivity index (χ4n) is 1.59. The van der Waals surface area contributed by atoms with Crippen molar-refractivity contribution in [1.29, 1.82) is 5.26 Å². The SMILES string of the molecule is Cc1ccc(SC(C#N)c2cccc(F)c2)cc1. The van der Waals surface area contributed by atoms with Gasteiger partial charge in [0.2, 0.25) is 0 Å². The van der Waals surface area contributed by atoms with Crippen LogP contribution in [0.15, 0.2) is 53.4 Å². The van der Waals surface area contributed by atoms with Gasteiger partial charge in [-0.15, -0.1) is 11.8 Å². The van der Waals surface area contributed by atoms with E-state index in [2.05, 4.69) is 6.07 Å². The molecule has 1 unspecified atom stereocenters. The lowest BCUT2D eigenvalue weighted by molar-refractivity contribution is 0.626. The molecule has 0 aliphatic carbocycles. The normalized spacial score (nSPS) is 11.8. The van der Waals surface area contributed by atoms with Gasteiger partial charge in [-0.3, -0.25) is 0 Å². The summed E-state index contributed by atoms with van der Waals surface area (Å²) in [4.78, 5) is 1.01. The molecule has 0 spiro atoms. The van der Waals surface area contributed by atoms with Gasteiger partial charge in [-0.05, 0) is 36.8 Å². The van der Waals surface area contributed by atoms with Crippen molar-refractivity contribution in [2.24, 2.45) is 0 Å². The Labute approximate surface area is 110 Å². The van der Waals surface area contributed by atoms with Crippen LogP contribution in [0.1, 0.15) is 16.4 Å². The van der Waals surface area contributed by atoms with E-state index in [-0.39, 0.29) is 11.1 Å². The van der Waals surface area contributed by atoms with Crippen LogP contribution in [0.2, 0.25) is 0 Å². The van der Waals surface area contributed by atoms with Crippen molar-refractivity contribution < 1.29 is 4.39 Å². The maximum atomic E-state index is 13.1. The summed E-state index contributed by atoms with van der Waals surface area (Å²) >= 11 is 1.43. The standard InChI is InChI=1S/C15H12FNS/c1-11-5-7-14(8-6-11)18-15(10-17)12-3-2-4-13(16)9-12/h2-9,15H,1H3. The molecule has 18 heavy (non-hydrogen) atoms. The van der Waals surface area contributed by atoms with E-state index in [9.17, 15) is 9.65 Å². The van der Waals surface area contributed by atoms with E-state index >= 15 is 0 Å². The molecule has 0 heterocycles. The number of aryl methyl sites for hydroxylation is 1. The Morgan fingerprint density at radius 3 is 2.50 bits per heavy atom. The molecule has 0 saturated carbocycles. The molecule has 2 aromatic carbocycles. The van der Waals surface area contributed by atoms with Crippen LogP contribution < -0.4 is 0 Å². The molecule has 1 nitrogen and oxygen atoms in total. The van der Waals surface area contributed by atoms with Gasteiger partial charge in [-0.1, -0.05) is 29.8 Å². The first-order chi connectivity index (χ1) is 8.69. The summed E-state index contributed by atoms with van der Waals surface area (Å²) in [5.41, 5.74) is 1.88. The molecule has 0 radical (unpaired) electrons. The Morgan fingerprint density at radius 2 is 1.89 bits per heavy atom. The fourth-order valence-corrected chi connectivity index (χ4v) is 2.49. The predicted octanol–water partition coefficient (Wildman–Crippen LogP) is 4.49. The van der Waals surface area contributed by atoms with E-state index in [0.717, 1.165) is 4.90 Å². The maximum Gasteiger partial charge on any atom is 0.123 e. The van der Waals surface area contributed by atoms with Crippen molar-refractivity contribution in [2.75, 3.05) is 0 Å². The first kappa shape index (κ1) is 12.7. The molecule has 0 saturated heterocycles. The van der Waals surface area contributed by atoms with Crippen LogP contribution in [0.5, 0.6) is 0 Å². The summed E-state index contributed by atoms with van der Waals surface area (Å²) in [6.45, 7) is 2.02. The molecule has 3 heteroatoms. The van der Waals surface area contributed by atoms with E-state index in [4.69, 9.17) is 0 Å². The Morgan fingerprint density at radius 1 is 1.17 bits per heavy atom. The molecule has 0 aliphatic heterocycles. The molecule has 0 N–H and O–H groups in total. The molecular weight excluding hydrogens is 245 g/mol. The summed E-state index contributed by atoms with van der Waals surface area (Å²) in [7, 11) is 0. The van der Waals surface area contributed by atoms with Gasteiger partial charge in [0.1, 0.15) is 11.1 Å². The molecule has 0 fully saturated rings. The summed E-state index contributed by atoms with van der Waals surface area (Å²) < 4.78 is 13.1. The van der Waals surface area contributed by atoms with Crippen LogP contribution in [0.25, 0.3) is 0 Å². The highest BCUT2D eigenvalue weighted by atomic mass is 32.2. The molecule has 2 aromatic rings. The van der Waals surface area contributed by atoms with Gasteiger partial charge in [-0.2, -0.15) is 5.26 Å². The summed E-state index contributed by atoms with van der Waals surface area (Å²) in [5.74, 6) is -0.308. The van der Waals surface area contributed by atoms with Gasteiger partial charge in [0.05, 0.1) is 6.07 Å². The van der Waals surface area contributed by atoms with E-state index in [0.29, 0.717) is 5.56 Å². The van der Waals surface area contributed by atoms with Crippen LogP contribution >= 0.6 is 11.8 Å². The monoisotopic (exact) mass is 257 g/mol. The fraction of sp³-hybridized carbons (Fsp3) is 0.133. The lowest BCUT2D eigenvalue weighted by Gasteiger charge is -2.09. The smallest absolute Gasteiger partial charge is 0.123 e. The third kappa shape index (κ3) is 3.12. The van der Waals surface area contributed by atoms with E-state index < -0.39 is 0 Å². The molecule has 0 aliphatic rings. The third-order valence-corrected chi connectivity index (χ3v) is 3.70. The summed E-state index contributed by atoms with van der Waals surface area (Å²) in [5, 5.41) is 8.81. The van der Waals surface area contributed by atoms with Gasteiger partial charge in [0.15, 0.2) is 0 Å². The van der Waals surface area contributed by atoms with Crippen molar-refractivity contribution in [1.82, 2.24) is 0 Å². The molecule has 0 aromatic heterocycles. The highest BCUT2D eigenvalue weighted by molar-refractivity contribution is 7.99. The Hall–Kier alpha value is -1.79. The number of hydrogen-bond donors (Lipinski definition) is 0. The maximum absolute atomic E-state index is 13.1. The van der Waals surface area contributed by atoms with Crippen LogP contribution in [0.3, 0.4) is 0 Å². The zero-order valence-electron chi connectivity index (χ0n) is 9.93. The second kappa shape index (κ2) is 5.70. The molecular formula is C15H12FNS. The first-order valence-corrected chi connectivity index (χ1v) is 6.45. The van der Waals surface area contributed by atoms with Crippen molar-refractivity contribution >= 4 is 11.8 Å². The number of halogens is 1. The van der Waals surface area contributed by atoms with Crippen molar-refractivity contribution in [2.45, 2.75) is 17.1 Å². The molecule has 2 rings (SSSR count). The Bertz CT molecular complexity index is 572. The molecule has 0 amide bonds. The van der Waals surface area contributed by atoms with Gasteiger partial charge in [0, 0.05) is 4.90 Å². The minimum atomic E-state index is -0.386. The summed E-state index contributed by atoms with van der Waals surface area (Å²) in [6.07, 6.45) is 0. The summed E-state index contributed by atoms with van der Waals surface area (Å²) in [6, 6.07) is 16.4. The number of benzene rings is 2. The number of nitrogens with zero attached hydrogens (tertiary/aromatic N) is 1. The minimum Gasteiger partial charge on any atom is -0.207 e. The van der Waals surface area contributed by atoms with E-state index in [1.165, 1.54) is 29.5 Å². The van der Waals surface area contributed by atoms with Gasteiger partial charge < -0.3 is 0 Å². The topological polar surface area (TPSA) is 23.8 Å². The quantitative estimate of drug-likeness (QED) is 0.756. The molecule has 1 atom stereocenters. The van der Waals surface area contributed by atoms with Crippen LogP contribution in [0, 0.1) is 24.1 Å². The lowest BCUT2D eigenvalue weighted by Crippen LogP contribution is -1.91. The highest BCUT2D eigenvalue weighted by Crippen LogP contribution is 2.34. The molecule has 90 valence electrons. The average Bonchev–Trinajstić information content (AvgIpc) is 2.38. The Kier molecular flexibility index (Phi) is 4.01. The van der Waals surface area contributed by atoms with Crippen molar-refractivity contribution in [3.63, 3.8) is 0 Å². The molecule has 0 bridgehead atoms. The van der Waals surface area contributed by atoms with E-state index in [1.54, 1.807) is 12.1 Å². The Balaban J connectivity index is 2.20. The number of thioether (sulfide) groups is 1. The second-order valence-electron chi connectivity index (χ2n) is 4.00. The lowest BCUT2D eigenvalue weighted by atomic mass is 10.1. The van der Waals surface area contributed by atoms with Gasteiger partial charge in [-0.25, -0.2) is 4.39 Å². The van der Waals surface area contributed by atoms with Crippen LogP contribution in [-0.4, -0.2) is 0 Å². The number of nitriles is 1. The van der Waals surface area contributed by atoms with Crippen LogP contribution in [0.4, 0.5) is 4.39 Å². The van der Waals surface area contributed by atoms with Crippen molar-refractivity contribution in [3.8, 4) is 6.07 Å². The van der Waals surface area contributed by atoms with Crippen LogP contribution in [-0.2, 0) is 0 Å². The highest BCUT2D eigenvalue weighted by Gasteiger charge is 2.12.